The van der Waals surface area contributed by atoms with Crippen molar-refractivity contribution in [1.29, 1.82) is 0 Å². The molecule has 0 unspecified atom stereocenters. The molecule has 1 aromatic carbocycles. The van der Waals surface area contributed by atoms with Crippen LogP contribution >= 0.6 is 0 Å². The number of hydrogen-bond donors (Lipinski definition) is 0. The van der Waals surface area contributed by atoms with Crippen molar-refractivity contribution in [2.75, 3.05) is 0 Å². The van der Waals surface area contributed by atoms with Crippen LogP contribution in [-0.2, 0) is 0 Å². The Bertz CT molecular complexity index is 343. The normalized spacial score (nSPS) is 11.1. The van der Waals surface area contributed by atoms with Crippen molar-refractivity contribution in [3.8, 4) is 5.75 Å². The molecule has 0 saturated carbocycles. The quantitative estimate of drug-likeness (QED) is 0.674. The molecule has 1 aromatic rings. The molecular formula is C9H5F4O. The predicted octanol–water partition coefficient (Wildman–Crippen LogP) is 3.06. The molecular weight excluding hydrogens is 200 g/mol. The van der Waals surface area contributed by atoms with E-state index in [9.17, 15) is 17.6 Å². The van der Waals surface area contributed by atoms with Crippen molar-refractivity contribution in [3.05, 3.63) is 42.2 Å². The summed E-state index contributed by atoms with van der Waals surface area (Å²) in [5.74, 6) is -1.46. The summed E-state index contributed by atoms with van der Waals surface area (Å²) >= 11 is 0. The van der Waals surface area contributed by atoms with Gasteiger partial charge in [0, 0.05) is 6.07 Å². The van der Waals surface area contributed by atoms with Crippen LogP contribution in [0.25, 0.3) is 0 Å². The van der Waals surface area contributed by atoms with E-state index >= 15 is 0 Å². The van der Waals surface area contributed by atoms with Crippen LogP contribution in [0.4, 0.5) is 17.6 Å². The number of alkyl halides is 3. The summed E-state index contributed by atoms with van der Waals surface area (Å²) in [5, 5.41) is 0. The summed E-state index contributed by atoms with van der Waals surface area (Å²) in [7, 11) is 0. The summed E-state index contributed by atoms with van der Waals surface area (Å²) in [6.45, 7) is 3.18. The van der Waals surface area contributed by atoms with Gasteiger partial charge in [-0.05, 0) is 23.8 Å². The Labute approximate surface area is 77.6 Å². The fraction of sp³-hybridized carbons (Fsp3) is 0.111. The van der Waals surface area contributed by atoms with E-state index in [4.69, 9.17) is 0 Å². The zero-order valence-corrected chi connectivity index (χ0v) is 6.86. The zero-order valence-electron chi connectivity index (χ0n) is 6.86. The SMILES string of the molecule is C=[C]c1cc(F)cc(OC(F)(F)F)c1. The van der Waals surface area contributed by atoms with Crippen LogP contribution in [0.3, 0.4) is 0 Å². The van der Waals surface area contributed by atoms with Crippen molar-refractivity contribution in [3.63, 3.8) is 0 Å². The van der Waals surface area contributed by atoms with Crippen molar-refractivity contribution >= 4 is 0 Å². The first kappa shape index (κ1) is 10.6. The van der Waals surface area contributed by atoms with Crippen LogP contribution in [0, 0.1) is 11.9 Å². The molecule has 5 heteroatoms. The second kappa shape index (κ2) is 3.69. The van der Waals surface area contributed by atoms with Crippen molar-refractivity contribution in [1.82, 2.24) is 0 Å². The highest BCUT2D eigenvalue weighted by atomic mass is 19.4. The van der Waals surface area contributed by atoms with Gasteiger partial charge in [-0.3, -0.25) is 0 Å². The van der Waals surface area contributed by atoms with Crippen LogP contribution in [0.15, 0.2) is 24.8 Å². The van der Waals surface area contributed by atoms with Crippen LogP contribution in [0.1, 0.15) is 5.56 Å². The van der Waals surface area contributed by atoms with Gasteiger partial charge in [0.05, 0.1) is 0 Å². The fourth-order valence-electron chi connectivity index (χ4n) is 0.857. The van der Waals surface area contributed by atoms with Crippen molar-refractivity contribution < 1.29 is 22.3 Å². The van der Waals surface area contributed by atoms with E-state index in [2.05, 4.69) is 17.4 Å². The van der Waals surface area contributed by atoms with Gasteiger partial charge in [0.2, 0.25) is 0 Å². The number of rotatable bonds is 2. The minimum atomic E-state index is -4.83. The van der Waals surface area contributed by atoms with Gasteiger partial charge in [-0.25, -0.2) is 4.39 Å². The summed E-state index contributed by atoms with van der Waals surface area (Å²) in [6.07, 6.45) is -2.57. The first-order valence-electron chi connectivity index (χ1n) is 3.50. The molecule has 0 N–H and O–H groups in total. The Hall–Kier alpha value is -1.52. The molecule has 0 amide bonds. The molecule has 1 nitrogen and oxygen atoms in total. The first-order chi connectivity index (χ1) is 6.40. The number of hydrogen-bond acceptors (Lipinski definition) is 1. The maximum absolute atomic E-state index is 12.7. The average molecular weight is 205 g/mol. The molecule has 0 heterocycles. The molecule has 0 aliphatic rings. The molecule has 0 fully saturated rings. The second-order valence-corrected chi connectivity index (χ2v) is 2.40. The highest BCUT2D eigenvalue weighted by Crippen LogP contribution is 2.24. The minimum absolute atomic E-state index is 0.101. The number of ether oxygens (including phenoxy) is 1. The number of halogens is 4. The zero-order chi connectivity index (χ0) is 10.8. The molecule has 0 bridgehead atoms. The lowest BCUT2D eigenvalue weighted by molar-refractivity contribution is -0.274. The molecule has 0 atom stereocenters. The van der Waals surface area contributed by atoms with E-state index in [0.29, 0.717) is 6.07 Å². The molecule has 14 heavy (non-hydrogen) atoms. The molecule has 0 aliphatic carbocycles. The van der Waals surface area contributed by atoms with Gasteiger partial charge in [-0.15, -0.1) is 13.2 Å². The van der Waals surface area contributed by atoms with Crippen molar-refractivity contribution in [2.45, 2.75) is 6.36 Å². The average Bonchev–Trinajstić information content (AvgIpc) is 1.99. The van der Waals surface area contributed by atoms with Gasteiger partial charge < -0.3 is 4.74 Å². The largest absolute Gasteiger partial charge is 0.573 e. The van der Waals surface area contributed by atoms with E-state index in [0.717, 1.165) is 12.1 Å². The van der Waals surface area contributed by atoms with Crippen LogP contribution < -0.4 is 4.74 Å². The monoisotopic (exact) mass is 205 g/mol. The summed E-state index contributed by atoms with van der Waals surface area (Å²) in [4.78, 5) is 0. The van der Waals surface area contributed by atoms with E-state index < -0.39 is 17.9 Å². The van der Waals surface area contributed by atoms with Gasteiger partial charge in [-0.1, -0.05) is 6.58 Å². The second-order valence-electron chi connectivity index (χ2n) is 2.40. The Morgan fingerprint density at radius 1 is 1.21 bits per heavy atom. The van der Waals surface area contributed by atoms with Crippen LogP contribution in [0.2, 0.25) is 0 Å². The third-order valence-corrected chi connectivity index (χ3v) is 1.31. The molecule has 0 spiro atoms. The van der Waals surface area contributed by atoms with Gasteiger partial charge >= 0.3 is 6.36 Å². The van der Waals surface area contributed by atoms with E-state index in [1.165, 1.54) is 0 Å². The van der Waals surface area contributed by atoms with Crippen LogP contribution in [0.5, 0.6) is 5.75 Å². The molecule has 1 radical (unpaired) electrons. The lowest BCUT2D eigenvalue weighted by atomic mass is 10.2. The fourth-order valence-corrected chi connectivity index (χ4v) is 0.857. The Morgan fingerprint density at radius 2 is 1.86 bits per heavy atom. The maximum Gasteiger partial charge on any atom is 0.573 e. The highest BCUT2D eigenvalue weighted by Gasteiger charge is 2.31. The Kier molecular flexibility index (Phi) is 2.78. The molecule has 0 aliphatic heterocycles. The minimum Gasteiger partial charge on any atom is -0.406 e. The van der Waals surface area contributed by atoms with Crippen molar-refractivity contribution in [2.24, 2.45) is 0 Å². The Morgan fingerprint density at radius 3 is 2.36 bits per heavy atom. The Balaban J connectivity index is 2.98. The standard InChI is InChI=1S/C9H5F4O/c1-2-6-3-7(10)5-8(4-6)14-9(11,12)13/h3-5H,1H2. The van der Waals surface area contributed by atoms with E-state index in [-0.39, 0.29) is 5.56 Å². The van der Waals surface area contributed by atoms with Gasteiger partial charge in [0.1, 0.15) is 11.6 Å². The van der Waals surface area contributed by atoms with Gasteiger partial charge in [-0.2, -0.15) is 0 Å². The third kappa shape index (κ3) is 3.08. The predicted molar refractivity (Wildman–Crippen MR) is 41.1 cm³/mol. The van der Waals surface area contributed by atoms with Gasteiger partial charge in [0.25, 0.3) is 0 Å². The lowest BCUT2D eigenvalue weighted by Gasteiger charge is -2.09. The smallest absolute Gasteiger partial charge is 0.406 e. The van der Waals surface area contributed by atoms with Crippen LogP contribution in [-0.4, -0.2) is 6.36 Å². The molecule has 0 aromatic heterocycles. The molecule has 1 rings (SSSR count). The highest BCUT2D eigenvalue weighted by molar-refractivity contribution is 5.32. The summed E-state index contributed by atoms with van der Waals surface area (Å²) in [5.41, 5.74) is 0.101. The molecule has 75 valence electrons. The van der Waals surface area contributed by atoms with E-state index in [1.807, 2.05) is 0 Å². The summed E-state index contributed by atoms with van der Waals surface area (Å²) in [6, 6.07) is 2.62. The summed E-state index contributed by atoms with van der Waals surface area (Å²) < 4.78 is 51.4. The third-order valence-electron chi connectivity index (χ3n) is 1.31. The van der Waals surface area contributed by atoms with E-state index in [1.54, 1.807) is 0 Å². The lowest BCUT2D eigenvalue weighted by Crippen LogP contribution is -2.17. The van der Waals surface area contributed by atoms with Gasteiger partial charge in [0.15, 0.2) is 0 Å². The maximum atomic E-state index is 12.7. The molecule has 0 saturated heterocycles. The first-order valence-corrected chi connectivity index (χ1v) is 3.50. The number of benzene rings is 1. The topological polar surface area (TPSA) is 9.23 Å².